The standard InChI is InChI=1S/C20H17ClO3/c1-24-20(23)12-18(21)14-8-6-13(7-9-14)15-10-11-19(22)17-5-3-2-4-16(15)17/h2-11,18,22H,12H2,1H3. The summed E-state index contributed by atoms with van der Waals surface area (Å²) in [6.07, 6.45) is 0.138. The van der Waals surface area contributed by atoms with Gasteiger partial charge < -0.3 is 9.84 Å². The predicted molar refractivity (Wildman–Crippen MR) is 96.3 cm³/mol. The average molecular weight is 341 g/mol. The quantitative estimate of drug-likeness (QED) is 0.533. The molecule has 1 atom stereocenters. The van der Waals surface area contributed by atoms with Gasteiger partial charge in [-0.2, -0.15) is 0 Å². The molecule has 1 N–H and O–H groups in total. The van der Waals surface area contributed by atoms with Crippen molar-refractivity contribution in [3.05, 3.63) is 66.2 Å². The molecule has 122 valence electrons. The molecule has 0 heterocycles. The van der Waals surface area contributed by atoms with E-state index >= 15 is 0 Å². The van der Waals surface area contributed by atoms with E-state index in [2.05, 4.69) is 4.74 Å². The minimum atomic E-state index is -0.414. The summed E-state index contributed by atoms with van der Waals surface area (Å²) < 4.78 is 4.65. The Hall–Kier alpha value is -2.52. The molecule has 3 nitrogen and oxygen atoms in total. The Morgan fingerprint density at radius 1 is 1.04 bits per heavy atom. The number of rotatable bonds is 4. The Balaban J connectivity index is 1.94. The number of benzene rings is 3. The zero-order valence-electron chi connectivity index (χ0n) is 13.2. The van der Waals surface area contributed by atoms with Crippen molar-refractivity contribution >= 4 is 28.3 Å². The van der Waals surface area contributed by atoms with E-state index in [1.54, 1.807) is 6.07 Å². The molecule has 0 bridgehead atoms. The number of carbonyl (C=O) groups excluding carboxylic acids is 1. The van der Waals surface area contributed by atoms with Crippen LogP contribution in [0.1, 0.15) is 17.4 Å². The lowest BCUT2D eigenvalue weighted by Gasteiger charge is -2.11. The molecule has 0 aliphatic heterocycles. The lowest BCUT2D eigenvalue weighted by molar-refractivity contribution is -0.140. The van der Waals surface area contributed by atoms with E-state index in [0.29, 0.717) is 0 Å². The van der Waals surface area contributed by atoms with E-state index < -0.39 is 5.38 Å². The number of aromatic hydroxyl groups is 1. The first-order valence-corrected chi connectivity index (χ1v) is 8.05. The average Bonchev–Trinajstić information content (AvgIpc) is 2.62. The van der Waals surface area contributed by atoms with E-state index in [1.807, 2.05) is 54.6 Å². The van der Waals surface area contributed by atoms with Crippen LogP contribution in [0.3, 0.4) is 0 Å². The maximum absolute atomic E-state index is 11.3. The van der Waals surface area contributed by atoms with Crippen LogP contribution in [0.4, 0.5) is 0 Å². The molecule has 0 fully saturated rings. The van der Waals surface area contributed by atoms with Gasteiger partial charge in [0.1, 0.15) is 5.75 Å². The number of methoxy groups -OCH3 is 1. The zero-order valence-corrected chi connectivity index (χ0v) is 14.0. The summed E-state index contributed by atoms with van der Waals surface area (Å²) in [6, 6.07) is 19.1. The fraction of sp³-hybridized carbons (Fsp3) is 0.150. The van der Waals surface area contributed by atoms with E-state index in [4.69, 9.17) is 11.6 Å². The number of carbonyl (C=O) groups is 1. The van der Waals surface area contributed by atoms with Crippen molar-refractivity contribution in [2.75, 3.05) is 7.11 Å². The van der Waals surface area contributed by atoms with Gasteiger partial charge in [0.05, 0.1) is 18.9 Å². The topological polar surface area (TPSA) is 46.5 Å². The second-order valence-electron chi connectivity index (χ2n) is 5.55. The molecular weight excluding hydrogens is 324 g/mol. The number of alkyl halides is 1. The molecule has 4 heteroatoms. The number of fused-ring (bicyclic) bond motifs is 1. The van der Waals surface area contributed by atoms with E-state index in [9.17, 15) is 9.90 Å². The monoisotopic (exact) mass is 340 g/mol. The van der Waals surface area contributed by atoms with Crippen LogP contribution in [0.2, 0.25) is 0 Å². The highest BCUT2D eigenvalue weighted by molar-refractivity contribution is 6.21. The van der Waals surface area contributed by atoms with Gasteiger partial charge in [0, 0.05) is 5.39 Å². The minimum absolute atomic E-state index is 0.138. The fourth-order valence-corrected chi connectivity index (χ4v) is 3.03. The van der Waals surface area contributed by atoms with Crippen molar-refractivity contribution in [3.63, 3.8) is 0 Å². The Kier molecular flexibility index (Phi) is 4.72. The minimum Gasteiger partial charge on any atom is -0.507 e. The van der Waals surface area contributed by atoms with E-state index in [1.165, 1.54) is 7.11 Å². The Bertz CT molecular complexity index is 872. The summed E-state index contributed by atoms with van der Waals surface area (Å²) >= 11 is 6.26. The van der Waals surface area contributed by atoms with Gasteiger partial charge in [-0.15, -0.1) is 11.6 Å². The smallest absolute Gasteiger partial charge is 0.307 e. The van der Waals surface area contributed by atoms with Crippen LogP contribution in [0, 0.1) is 0 Å². The number of hydrogen-bond donors (Lipinski definition) is 1. The second-order valence-corrected chi connectivity index (χ2v) is 6.07. The SMILES string of the molecule is COC(=O)CC(Cl)c1ccc(-c2ccc(O)c3ccccc23)cc1. The molecule has 3 aromatic carbocycles. The van der Waals surface area contributed by atoms with Crippen molar-refractivity contribution in [1.29, 1.82) is 0 Å². The van der Waals surface area contributed by atoms with Crippen LogP contribution in [0.15, 0.2) is 60.7 Å². The Labute approximate surface area is 145 Å². The van der Waals surface area contributed by atoms with Crippen molar-refractivity contribution in [3.8, 4) is 16.9 Å². The van der Waals surface area contributed by atoms with Crippen LogP contribution in [-0.2, 0) is 9.53 Å². The van der Waals surface area contributed by atoms with Gasteiger partial charge in [0.2, 0.25) is 0 Å². The van der Waals surface area contributed by atoms with Gasteiger partial charge in [0.15, 0.2) is 0 Å². The number of esters is 1. The lowest BCUT2D eigenvalue weighted by Crippen LogP contribution is -2.04. The van der Waals surface area contributed by atoms with Crippen molar-refractivity contribution in [1.82, 2.24) is 0 Å². The van der Waals surface area contributed by atoms with Gasteiger partial charge in [-0.05, 0) is 28.1 Å². The Morgan fingerprint density at radius 3 is 2.38 bits per heavy atom. The number of phenolic OH excluding ortho intramolecular Hbond substituents is 1. The van der Waals surface area contributed by atoms with Crippen LogP contribution in [0.5, 0.6) is 5.75 Å². The molecule has 0 radical (unpaired) electrons. The molecule has 3 aromatic rings. The molecule has 0 amide bonds. The fourth-order valence-electron chi connectivity index (χ4n) is 2.75. The maximum Gasteiger partial charge on any atom is 0.307 e. The van der Waals surface area contributed by atoms with Crippen LogP contribution >= 0.6 is 11.6 Å². The van der Waals surface area contributed by atoms with Gasteiger partial charge >= 0.3 is 5.97 Å². The molecule has 0 saturated heterocycles. The number of halogens is 1. The third kappa shape index (κ3) is 3.22. The van der Waals surface area contributed by atoms with Gasteiger partial charge in [-0.3, -0.25) is 4.79 Å². The highest BCUT2D eigenvalue weighted by Crippen LogP contribution is 2.34. The molecule has 0 aliphatic rings. The predicted octanol–water partition coefficient (Wildman–Crippen LogP) is 5.06. The summed E-state index contributed by atoms with van der Waals surface area (Å²) in [5.41, 5.74) is 2.93. The van der Waals surface area contributed by atoms with Crippen LogP contribution in [-0.4, -0.2) is 18.2 Å². The molecule has 0 aliphatic carbocycles. The van der Waals surface area contributed by atoms with Crippen molar-refractivity contribution in [2.45, 2.75) is 11.8 Å². The summed E-state index contributed by atoms with van der Waals surface area (Å²) in [5.74, 6) is -0.0616. The van der Waals surface area contributed by atoms with Crippen LogP contribution in [0.25, 0.3) is 21.9 Å². The van der Waals surface area contributed by atoms with E-state index in [-0.39, 0.29) is 18.1 Å². The molecule has 0 aromatic heterocycles. The summed E-state index contributed by atoms with van der Waals surface area (Å²) in [4.78, 5) is 11.3. The molecule has 0 spiro atoms. The highest BCUT2D eigenvalue weighted by atomic mass is 35.5. The van der Waals surface area contributed by atoms with E-state index in [0.717, 1.165) is 27.5 Å². The van der Waals surface area contributed by atoms with Crippen molar-refractivity contribution < 1.29 is 14.6 Å². The number of phenols is 1. The zero-order chi connectivity index (χ0) is 17.1. The lowest BCUT2D eigenvalue weighted by atomic mass is 9.96. The molecule has 24 heavy (non-hydrogen) atoms. The first-order chi connectivity index (χ1) is 11.6. The van der Waals surface area contributed by atoms with Crippen LogP contribution < -0.4 is 0 Å². The first kappa shape index (κ1) is 16.3. The largest absolute Gasteiger partial charge is 0.507 e. The van der Waals surface area contributed by atoms with Gasteiger partial charge in [-0.25, -0.2) is 0 Å². The van der Waals surface area contributed by atoms with Gasteiger partial charge in [0.25, 0.3) is 0 Å². The number of ether oxygens (including phenoxy) is 1. The summed E-state index contributed by atoms with van der Waals surface area (Å²) in [5, 5.41) is 11.4. The normalized spacial score (nSPS) is 12.1. The first-order valence-electron chi connectivity index (χ1n) is 7.62. The molecule has 3 rings (SSSR count). The third-order valence-electron chi connectivity index (χ3n) is 4.06. The molecule has 0 saturated carbocycles. The summed E-state index contributed by atoms with van der Waals surface area (Å²) in [7, 11) is 1.35. The molecular formula is C20H17ClO3. The number of hydrogen-bond acceptors (Lipinski definition) is 3. The summed E-state index contributed by atoms with van der Waals surface area (Å²) in [6.45, 7) is 0. The Morgan fingerprint density at radius 2 is 1.71 bits per heavy atom. The molecule has 1 unspecified atom stereocenters. The van der Waals surface area contributed by atoms with Gasteiger partial charge in [-0.1, -0.05) is 54.6 Å². The maximum atomic E-state index is 11.3. The highest BCUT2D eigenvalue weighted by Gasteiger charge is 2.14. The second kappa shape index (κ2) is 6.93. The third-order valence-corrected chi connectivity index (χ3v) is 4.46. The van der Waals surface area contributed by atoms with Crippen molar-refractivity contribution in [2.24, 2.45) is 0 Å².